The van der Waals surface area contributed by atoms with Crippen LogP contribution < -0.4 is 0 Å². The predicted octanol–water partition coefficient (Wildman–Crippen LogP) is 2.56. The molecule has 20 heavy (non-hydrogen) atoms. The van der Waals surface area contributed by atoms with E-state index in [4.69, 9.17) is 9.26 Å². The predicted molar refractivity (Wildman–Crippen MR) is 71.7 cm³/mol. The molecule has 1 aliphatic heterocycles. The Balaban J connectivity index is 1.77. The fraction of sp³-hybridized carbons (Fsp3) is 0.400. The van der Waals surface area contributed by atoms with Crippen LogP contribution in [-0.4, -0.2) is 29.1 Å². The van der Waals surface area contributed by atoms with E-state index in [0.717, 1.165) is 13.0 Å². The summed E-state index contributed by atoms with van der Waals surface area (Å²) >= 11 is 0. The van der Waals surface area contributed by atoms with Gasteiger partial charge >= 0.3 is 0 Å². The van der Waals surface area contributed by atoms with Gasteiger partial charge in [-0.15, -0.1) is 0 Å². The fourth-order valence-electron chi connectivity index (χ4n) is 2.29. The van der Waals surface area contributed by atoms with Crippen molar-refractivity contribution in [2.45, 2.75) is 25.2 Å². The molecule has 2 aromatic rings. The average Bonchev–Trinajstić information content (AvgIpc) is 3.17. The third-order valence-electron chi connectivity index (χ3n) is 3.57. The largest absolute Gasteiger partial charge is 0.381 e. The Hall–Kier alpha value is -2.01. The van der Waals surface area contributed by atoms with E-state index in [1.54, 1.807) is 19.1 Å². The number of ketones is 1. The SMILES string of the molecule is CC(C(=O)c1ccccc1)c1nc(C2CCOC2)no1. The molecule has 2 heterocycles. The Morgan fingerprint density at radius 1 is 1.35 bits per heavy atom. The second-order valence-electron chi connectivity index (χ2n) is 5.00. The average molecular weight is 272 g/mol. The zero-order valence-corrected chi connectivity index (χ0v) is 11.3. The van der Waals surface area contributed by atoms with Crippen molar-refractivity contribution in [3.63, 3.8) is 0 Å². The molecule has 0 aliphatic carbocycles. The number of hydrogen-bond donors (Lipinski definition) is 0. The molecule has 2 atom stereocenters. The van der Waals surface area contributed by atoms with Crippen molar-refractivity contribution in [3.05, 3.63) is 47.6 Å². The Bertz CT molecular complexity index is 588. The van der Waals surface area contributed by atoms with Crippen molar-refractivity contribution >= 4 is 5.78 Å². The third-order valence-corrected chi connectivity index (χ3v) is 3.57. The Morgan fingerprint density at radius 2 is 2.15 bits per heavy atom. The number of benzene rings is 1. The summed E-state index contributed by atoms with van der Waals surface area (Å²) in [6, 6.07) is 9.15. The highest BCUT2D eigenvalue weighted by Crippen LogP contribution is 2.25. The summed E-state index contributed by atoms with van der Waals surface area (Å²) in [5, 5.41) is 3.98. The molecule has 1 aromatic heterocycles. The molecule has 0 bridgehead atoms. The number of nitrogens with zero attached hydrogens (tertiary/aromatic N) is 2. The molecule has 104 valence electrons. The summed E-state index contributed by atoms with van der Waals surface area (Å²) in [5.74, 6) is 0.766. The number of rotatable bonds is 4. The Labute approximate surface area is 116 Å². The fourth-order valence-corrected chi connectivity index (χ4v) is 2.29. The molecule has 0 amide bonds. The van der Waals surface area contributed by atoms with E-state index in [-0.39, 0.29) is 11.7 Å². The van der Waals surface area contributed by atoms with Crippen LogP contribution in [0.1, 0.15) is 47.3 Å². The van der Waals surface area contributed by atoms with Crippen molar-refractivity contribution < 1.29 is 14.1 Å². The van der Waals surface area contributed by atoms with Crippen LogP contribution in [0.3, 0.4) is 0 Å². The molecular formula is C15H16N2O3. The third kappa shape index (κ3) is 2.49. The minimum absolute atomic E-state index is 0.0107. The number of Topliss-reactive ketones (excluding diaryl/α,β-unsaturated/α-hetero) is 1. The van der Waals surface area contributed by atoms with E-state index < -0.39 is 5.92 Å². The lowest BCUT2D eigenvalue weighted by Crippen LogP contribution is -2.10. The first-order valence-electron chi connectivity index (χ1n) is 6.76. The molecule has 5 nitrogen and oxygen atoms in total. The lowest BCUT2D eigenvalue weighted by Gasteiger charge is -2.05. The highest BCUT2D eigenvalue weighted by Gasteiger charge is 2.27. The zero-order chi connectivity index (χ0) is 13.9. The molecule has 0 spiro atoms. The lowest BCUT2D eigenvalue weighted by molar-refractivity contribution is 0.0951. The lowest BCUT2D eigenvalue weighted by atomic mass is 9.99. The van der Waals surface area contributed by atoms with E-state index in [2.05, 4.69) is 10.1 Å². The minimum Gasteiger partial charge on any atom is -0.381 e. The van der Waals surface area contributed by atoms with Gasteiger partial charge in [0.15, 0.2) is 11.6 Å². The number of carbonyl (C=O) groups is 1. The summed E-state index contributed by atoms with van der Waals surface area (Å²) in [6.07, 6.45) is 0.903. The molecule has 5 heteroatoms. The highest BCUT2D eigenvalue weighted by atomic mass is 16.5. The number of carbonyl (C=O) groups excluding carboxylic acids is 1. The van der Waals surface area contributed by atoms with Crippen LogP contribution in [0, 0.1) is 0 Å². The van der Waals surface area contributed by atoms with Crippen LogP contribution in [0.5, 0.6) is 0 Å². The van der Waals surface area contributed by atoms with Gasteiger partial charge in [-0.1, -0.05) is 35.5 Å². The molecular weight excluding hydrogens is 256 g/mol. The molecule has 1 aliphatic rings. The summed E-state index contributed by atoms with van der Waals surface area (Å²) in [5.41, 5.74) is 0.656. The molecule has 1 saturated heterocycles. The molecule has 0 N–H and O–H groups in total. The molecule has 0 saturated carbocycles. The van der Waals surface area contributed by atoms with Gasteiger partial charge in [0.1, 0.15) is 0 Å². The topological polar surface area (TPSA) is 65.2 Å². The quantitative estimate of drug-likeness (QED) is 0.800. The van der Waals surface area contributed by atoms with E-state index in [1.807, 2.05) is 18.2 Å². The summed E-state index contributed by atoms with van der Waals surface area (Å²) in [6.45, 7) is 3.14. The van der Waals surface area contributed by atoms with Crippen LogP contribution >= 0.6 is 0 Å². The van der Waals surface area contributed by atoms with E-state index in [1.165, 1.54) is 0 Å². The maximum absolute atomic E-state index is 12.3. The molecule has 3 rings (SSSR count). The standard InChI is InChI=1S/C15H16N2O3/c1-10(13(18)11-5-3-2-4-6-11)15-16-14(17-20-15)12-7-8-19-9-12/h2-6,10,12H,7-9H2,1H3. The van der Waals surface area contributed by atoms with Crippen molar-refractivity contribution in [1.82, 2.24) is 10.1 Å². The van der Waals surface area contributed by atoms with Crippen LogP contribution in [0.15, 0.2) is 34.9 Å². The maximum atomic E-state index is 12.3. The number of aromatic nitrogens is 2. The van der Waals surface area contributed by atoms with E-state index in [9.17, 15) is 4.79 Å². The Kier molecular flexibility index (Phi) is 3.60. The van der Waals surface area contributed by atoms with Crippen molar-refractivity contribution in [1.29, 1.82) is 0 Å². The smallest absolute Gasteiger partial charge is 0.237 e. The second kappa shape index (κ2) is 5.54. The van der Waals surface area contributed by atoms with Gasteiger partial charge in [0, 0.05) is 18.1 Å². The molecule has 1 aromatic carbocycles. The maximum Gasteiger partial charge on any atom is 0.237 e. The summed E-state index contributed by atoms with van der Waals surface area (Å²) in [4.78, 5) is 16.7. The Morgan fingerprint density at radius 3 is 2.85 bits per heavy atom. The van der Waals surface area contributed by atoms with Crippen molar-refractivity contribution in [2.24, 2.45) is 0 Å². The van der Waals surface area contributed by atoms with Gasteiger partial charge in [0.25, 0.3) is 0 Å². The van der Waals surface area contributed by atoms with Gasteiger partial charge in [-0.25, -0.2) is 0 Å². The van der Waals surface area contributed by atoms with Crippen LogP contribution in [-0.2, 0) is 4.74 Å². The van der Waals surface area contributed by atoms with Gasteiger partial charge in [-0.3, -0.25) is 4.79 Å². The summed E-state index contributed by atoms with van der Waals surface area (Å²) in [7, 11) is 0. The minimum atomic E-state index is -0.430. The van der Waals surface area contributed by atoms with Gasteiger partial charge in [0.2, 0.25) is 5.89 Å². The van der Waals surface area contributed by atoms with Gasteiger partial charge in [0.05, 0.1) is 12.5 Å². The second-order valence-corrected chi connectivity index (χ2v) is 5.00. The first-order valence-corrected chi connectivity index (χ1v) is 6.76. The van der Waals surface area contributed by atoms with Crippen molar-refractivity contribution in [3.8, 4) is 0 Å². The highest BCUT2D eigenvalue weighted by molar-refractivity contribution is 6.00. The zero-order valence-electron chi connectivity index (χ0n) is 11.3. The monoisotopic (exact) mass is 272 g/mol. The van der Waals surface area contributed by atoms with Crippen LogP contribution in [0.4, 0.5) is 0 Å². The van der Waals surface area contributed by atoms with Crippen molar-refractivity contribution in [2.75, 3.05) is 13.2 Å². The molecule has 0 radical (unpaired) electrons. The summed E-state index contributed by atoms with van der Waals surface area (Å²) < 4.78 is 10.6. The van der Waals surface area contributed by atoms with Crippen LogP contribution in [0.25, 0.3) is 0 Å². The van der Waals surface area contributed by atoms with Gasteiger partial charge < -0.3 is 9.26 Å². The first-order chi connectivity index (χ1) is 9.75. The molecule has 2 unspecified atom stereocenters. The van der Waals surface area contributed by atoms with E-state index in [0.29, 0.717) is 23.9 Å². The van der Waals surface area contributed by atoms with Crippen LogP contribution in [0.2, 0.25) is 0 Å². The van der Waals surface area contributed by atoms with E-state index >= 15 is 0 Å². The normalized spacial score (nSPS) is 19.9. The first kappa shape index (κ1) is 13.0. The molecule has 1 fully saturated rings. The van der Waals surface area contributed by atoms with Gasteiger partial charge in [-0.2, -0.15) is 4.98 Å². The van der Waals surface area contributed by atoms with Gasteiger partial charge in [-0.05, 0) is 13.3 Å². The number of hydrogen-bond acceptors (Lipinski definition) is 5. The number of ether oxygens (including phenoxy) is 1.